The molecule has 5 nitrogen and oxygen atoms in total. The zero-order valence-electron chi connectivity index (χ0n) is 11.2. The summed E-state index contributed by atoms with van der Waals surface area (Å²) in [5.41, 5.74) is 0. The molecule has 0 amide bonds. The van der Waals surface area contributed by atoms with Gasteiger partial charge in [-0.1, -0.05) is 26.7 Å². The van der Waals surface area contributed by atoms with Crippen molar-refractivity contribution >= 4 is 10.2 Å². The number of aliphatic hydroxyl groups excluding tert-OH is 1. The molecular weight excluding hydrogens is 240 g/mol. The molecule has 0 spiro atoms. The van der Waals surface area contributed by atoms with Crippen LogP contribution in [0.3, 0.4) is 0 Å². The fourth-order valence-corrected chi connectivity index (χ4v) is 2.91. The lowest BCUT2D eigenvalue weighted by atomic mass is 10.3. The Morgan fingerprint density at radius 2 is 1.53 bits per heavy atom. The molecule has 0 saturated carbocycles. The van der Waals surface area contributed by atoms with E-state index < -0.39 is 10.2 Å². The van der Waals surface area contributed by atoms with Crippen LogP contribution in [0.25, 0.3) is 0 Å². The molecule has 0 radical (unpaired) electrons. The molecule has 1 N–H and O–H groups in total. The van der Waals surface area contributed by atoms with Crippen LogP contribution in [-0.4, -0.2) is 55.4 Å². The average molecular weight is 266 g/mol. The van der Waals surface area contributed by atoms with Crippen LogP contribution in [0.4, 0.5) is 0 Å². The third kappa shape index (κ3) is 5.81. The third-order valence-corrected chi connectivity index (χ3v) is 4.65. The molecule has 0 bridgehead atoms. The van der Waals surface area contributed by atoms with Crippen molar-refractivity contribution in [1.82, 2.24) is 8.61 Å². The van der Waals surface area contributed by atoms with Gasteiger partial charge < -0.3 is 5.11 Å². The molecule has 104 valence electrons. The van der Waals surface area contributed by atoms with Gasteiger partial charge in [0.25, 0.3) is 10.2 Å². The van der Waals surface area contributed by atoms with E-state index >= 15 is 0 Å². The molecule has 0 aromatic heterocycles. The van der Waals surface area contributed by atoms with E-state index in [1.165, 1.54) is 8.61 Å². The minimum atomic E-state index is -3.40. The van der Waals surface area contributed by atoms with Crippen LogP contribution in [0.15, 0.2) is 0 Å². The zero-order chi connectivity index (χ0) is 13.3. The van der Waals surface area contributed by atoms with Gasteiger partial charge in [0.05, 0.1) is 6.61 Å². The van der Waals surface area contributed by atoms with E-state index in [1.807, 2.05) is 13.8 Å². The molecular formula is C11H26N2O3S. The fourth-order valence-electron chi connectivity index (χ4n) is 1.48. The van der Waals surface area contributed by atoms with Crippen molar-refractivity contribution in [3.05, 3.63) is 0 Å². The minimum Gasteiger partial charge on any atom is -0.395 e. The summed E-state index contributed by atoms with van der Waals surface area (Å²) >= 11 is 0. The quantitative estimate of drug-likeness (QED) is 0.643. The Labute approximate surface area is 106 Å². The smallest absolute Gasteiger partial charge is 0.281 e. The lowest BCUT2D eigenvalue weighted by Gasteiger charge is -2.26. The molecule has 0 aromatic rings. The molecule has 0 aliphatic carbocycles. The predicted octanol–water partition coefficient (Wildman–Crippen LogP) is 1.06. The van der Waals surface area contributed by atoms with Crippen molar-refractivity contribution in [1.29, 1.82) is 0 Å². The van der Waals surface area contributed by atoms with E-state index in [1.54, 1.807) is 7.05 Å². The highest BCUT2D eigenvalue weighted by Gasteiger charge is 2.25. The molecule has 0 heterocycles. The number of hydrogen-bond donors (Lipinski definition) is 1. The van der Waals surface area contributed by atoms with Gasteiger partial charge in [0, 0.05) is 26.7 Å². The molecule has 0 aliphatic heterocycles. The van der Waals surface area contributed by atoms with Crippen LogP contribution < -0.4 is 0 Å². The SMILES string of the molecule is CCCCN(C)S(=O)(=O)N(CCO)CCCC. The molecule has 6 heteroatoms. The first kappa shape index (κ1) is 16.8. The second kappa shape index (κ2) is 8.85. The highest BCUT2D eigenvalue weighted by atomic mass is 32.2. The summed E-state index contributed by atoms with van der Waals surface area (Å²) in [6.45, 7) is 5.11. The summed E-state index contributed by atoms with van der Waals surface area (Å²) in [4.78, 5) is 0. The molecule has 0 aliphatic rings. The second-order valence-corrected chi connectivity index (χ2v) is 6.19. The number of hydrogen-bond acceptors (Lipinski definition) is 3. The van der Waals surface area contributed by atoms with Crippen LogP contribution >= 0.6 is 0 Å². The monoisotopic (exact) mass is 266 g/mol. The Morgan fingerprint density at radius 3 is 2.00 bits per heavy atom. The highest BCUT2D eigenvalue weighted by Crippen LogP contribution is 2.09. The number of aliphatic hydroxyl groups is 1. The van der Waals surface area contributed by atoms with Gasteiger partial charge in [0.2, 0.25) is 0 Å². The van der Waals surface area contributed by atoms with Crippen LogP contribution in [0.1, 0.15) is 39.5 Å². The summed E-state index contributed by atoms with van der Waals surface area (Å²) < 4.78 is 27.1. The maximum Gasteiger partial charge on any atom is 0.281 e. The summed E-state index contributed by atoms with van der Waals surface area (Å²) in [6, 6.07) is 0. The van der Waals surface area contributed by atoms with Crippen LogP contribution in [0.2, 0.25) is 0 Å². The summed E-state index contributed by atoms with van der Waals surface area (Å²) in [7, 11) is -1.80. The lowest BCUT2D eigenvalue weighted by Crippen LogP contribution is -2.44. The van der Waals surface area contributed by atoms with E-state index in [4.69, 9.17) is 5.11 Å². The molecule has 0 unspecified atom stereocenters. The first-order valence-corrected chi connectivity index (χ1v) is 7.72. The average Bonchev–Trinajstić information content (AvgIpc) is 2.31. The van der Waals surface area contributed by atoms with Crippen molar-refractivity contribution < 1.29 is 13.5 Å². The van der Waals surface area contributed by atoms with Gasteiger partial charge >= 0.3 is 0 Å². The van der Waals surface area contributed by atoms with E-state index in [9.17, 15) is 8.42 Å². The zero-order valence-corrected chi connectivity index (χ0v) is 12.0. The number of rotatable bonds is 10. The normalized spacial score (nSPS) is 12.6. The number of unbranched alkanes of at least 4 members (excludes halogenated alkanes) is 2. The van der Waals surface area contributed by atoms with Crippen LogP contribution in [-0.2, 0) is 10.2 Å². The van der Waals surface area contributed by atoms with Gasteiger partial charge in [-0.15, -0.1) is 0 Å². The maximum atomic E-state index is 12.2. The summed E-state index contributed by atoms with van der Waals surface area (Å²) in [5, 5.41) is 8.93. The molecule has 17 heavy (non-hydrogen) atoms. The van der Waals surface area contributed by atoms with Crippen molar-refractivity contribution in [3.8, 4) is 0 Å². The largest absolute Gasteiger partial charge is 0.395 e. The summed E-state index contributed by atoms with van der Waals surface area (Å²) in [5.74, 6) is 0. The Hall–Kier alpha value is -0.170. The van der Waals surface area contributed by atoms with Crippen molar-refractivity contribution in [3.63, 3.8) is 0 Å². The van der Waals surface area contributed by atoms with Gasteiger partial charge in [-0.2, -0.15) is 17.0 Å². The molecule has 0 fully saturated rings. The molecule has 0 aromatic carbocycles. The number of nitrogens with zero attached hydrogens (tertiary/aromatic N) is 2. The van der Waals surface area contributed by atoms with E-state index in [2.05, 4.69) is 0 Å². The van der Waals surface area contributed by atoms with Gasteiger partial charge in [0.1, 0.15) is 0 Å². The standard InChI is InChI=1S/C11H26N2O3S/c1-4-6-8-12(3)17(15,16)13(10-11-14)9-7-5-2/h14H,4-11H2,1-3H3. The van der Waals surface area contributed by atoms with Crippen LogP contribution in [0, 0.1) is 0 Å². The second-order valence-electron chi connectivity index (χ2n) is 4.16. The van der Waals surface area contributed by atoms with Gasteiger partial charge in [0.15, 0.2) is 0 Å². The van der Waals surface area contributed by atoms with Gasteiger partial charge in [-0.3, -0.25) is 0 Å². The molecule has 0 atom stereocenters. The van der Waals surface area contributed by atoms with E-state index in [0.29, 0.717) is 13.1 Å². The van der Waals surface area contributed by atoms with E-state index in [0.717, 1.165) is 25.7 Å². The Bertz CT molecular complexity index is 280. The molecule has 0 saturated heterocycles. The first-order valence-electron chi connectivity index (χ1n) is 6.32. The van der Waals surface area contributed by atoms with Crippen LogP contribution in [0.5, 0.6) is 0 Å². The Morgan fingerprint density at radius 1 is 1.00 bits per heavy atom. The van der Waals surface area contributed by atoms with E-state index in [-0.39, 0.29) is 13.2 Å². The predicted molar refractivity (Wildman–Crippen MR) is 70.0 cm³/mol. The first-order chi connectivity index (χ1) is 8.00. The fraction of sp³-hybridized carbons (Fsp3) is 1.00. The van der Waals surface area contributed by atoms with Crippen molar-refractivity contribution in [2.75, 3.05) is 33.3 Å². The van der Waals surface area contributed by atoms with Gasteiger partial charge in [-0.05, 0) is 12.8 Å². The molecule has 0 rings (SSSR count). The maximum absolute atomic E-state index is 12.2. The minimum absolute atomic E-state index is 0.134. The highest BCUT2D eigenvalue weighted by molar-refractivity contribution is 7.86. The third-order valence-electron chi connectivity index (χ3n) is 2.66. The Kier molecular flexibility index (Phi) is 8.77. The summed E-state index contributed by atoms with van der Waals surface area (Å²) in [6.07, 6.45) is 3.59. The Balaban J connectivity index is 4.57. The van der Waals surface area contributed by atoms with Crippen molar-refractivity contribution in [2.45, 2.75) is 39.5 Å². The topological polar surface area (TPSA) is 60.9 Å². The van der Waals surface area contributed by atoms with Gasteiger partial charge in [-0.25, -0.2) is 0 Å². The lowest BCUT2D eigenvalue weighted by molar-refractivity contribution is 0.244. The van der Waals surface area contributed by atoms with Crippen molar-refractivity contribution in [2.24, 2.45) is 0 Å².